The van der Waals surface area contributed by atoms with Gasteiger partial charge in [0.2, 0.25) is 11.3 Å². The van der Waals surface area contributed by atoms with E-state index in [0.717, 1.165) is 5.56 Å². The first-order valence-corrected chi connectivity index (χ1v) is 9.75. The van der Waals surface area contributed by atoms with E-state index >= 15 is 0 Å². The Balaban J connectivity index is 0.000000614. The Morgan fingerprint density at radius 3 is 2.45 bits per heavy atom. The Kier molecular flexibility index (Phi) is 8.13. The zero-order chi connectivity index (χ0) is 23.1. The molecule has 0 saturated heterocycles. The van der Waals surface area contributed by atoms with Crippen LogP contribution in [0.4, 0.5) is 8.78 Å². The van der Waals surface area contributed by atoms with Gasteiger partial charge in [0.25, 0.3) is 5.91 Å². The van der Waals surface area contributed by atoms with Crippen LogP contribution in [0.3, 0.4) is 0 Å². The second kappa shape index (κ2) is 10.6. The molecule has 0 bridgehead atoms. The minimum Gasteiger partial charge on any atom is -0.503 e. The van der Waals surface area contributed by atoms with Crippen molar-refractivity contribution in [1.29, 1.82) is 0 Å². The summed E-state index contributed by atoms with van der Waals surface area (Å²) in [4.78, 5) is 26.4. The standard InChI is InChI=1S/C19H19FN2O4.C4H7F/c1-3-12(2)26-16-10-15(23)18(24)17-19(25)21(8-9-22(16)17)11-13-4-6-14(20)7-5-13;1-3-4(2)5/h3-7,10,24H,8-9,11H2,1-2H3;3-4H,1H2,2H3/b12-3+;. The lowest BCUT2D eigenvalue weighted by Crippen LogP contribution is -2.41. The highest BCUT2D eigenvalue weighted by Gasteiger charge is 2.30. The summed E-state index contributed by atoms with van der Waals surface area (Å²) in [6, 6.07) is 7.02. The van der Waals surface area contributed by atoms with Gasteiger partial charge >= 0.3 is 0 Å². The van der Waals surface area contributed by atoms with Gasteiger partial charge in [-0.2, -0.15) is 0 Å². The summed E-state index contributed by atoms with van der Waals surface area (Å²) in [7, 11) is 0. The van der Waals surface area contributed by atoms with Crippen LogP contribution < -0.4 is 10.2 Å². The van der Waals surface area contributed by atoms with E-state index in [0.29, 0.717) is 18.8 Å². The Labute approximate surface area is 179 Å². The first kappa shape index (κ1) is 23.9. The average molecular weight is 432 g/mol. The number of halogens is 2. The monoisotopic (exact) mass is 432 g/mol. The van der Waals surface area contributed by atoms with Crippen molar-refractivity contribution >= 4 is 5.91 Å². The largest absolute Gasteiger partial charge is 0.503 e. The molecule has 0 spiro atoms. The van der Waals surface area contributed by atoms with Crippen molar-refractivity contribution in [3.8, 4) is 11.6 Å². The number of pyridine rings is 1. The van der Waals surface area contributed by atoms with E-state index in [1.165, 1.54) is 40.7 Å². The van der Waals surface area contributed by atoms with Crippen LogP contribution in [0.1, 0.15) is 36.8 Å². The van der Waals surface area contributed by atoms with Gasteiger partial charge in [-0.25, -0.2) is 8.78 Å². The van der Waals surface area contributed by atoms with Crippen molar-refractivity contribution in [3.05, 3.63) is 82.1 Å². The van der Waals surface area contributed by atoms with Gasteiger partial charge in [-0.1, -0.05) is 18.2 Å². The molecule has 31 heavy (non-hydrogen) atoms. The maximum absolute atomic E-state index is 13.0. The van der Waals surface area contributed by atoms with Crippen molar-refractivity contribution in [3.63, 3.8) is 0 Å². The number of hydrogen-bond acceptors (Lipinski definition) is 4. The molecule has 1 N–H and O–H groups in total. The molecule has 1 aromatic carbocycles. The summed E-state index contributed by atoms with van der Waals surface area (Å²) in [6.45, 7) is 9.14. The summed E-state index contributed by atoms with van der Waals surface area (Å²) in [6.07, 6.45) is 2.13. The molecule has 166 valence electrons. The molecule has 2 aromatic rings. The predicted octanol–water partition coefficient (Wildman–Crippen LogP) is 4.18. The van der Waals surface area contributed by atoms with Crippen LogP contribution in [0.2, 0.25) is 0 Å². The van der Waals surface area contributed by atoms with Crippen LogP contribution >= 0.6 is 0 Å². The number of alkyl halides is 1. The number of aromatic hydroxyl groups is 1. The van der Waals surface area contributed by atoms with E-state index in [1.807, 2.05) is 0 Å². The Morgan fingerprint density at radius 1 is 1.29 bits per heavy atom. The number of fused-ring (bicyclic) bond motifs is 1. The van der Waals surface area contributed by atoms with Crippen LogP contribution in [-0.2, 0) is 13.1 Å². The highest BCUT2D eigenvalue weighted by atomic mass is 19.1. The number of rotatable bonds is 5. The fourth-order valence-electron chi connectivity index (χ4n) is 2.79. The van der Waals surface area contributed by atoms with Gasteiger partial charge in [-0.15, -0.1) is 6.58 Å². The first-order valence-electron chi connectivity index (χ1n) is 9.75. The second-order valence-corrected chi connectivity index (χ2v) is 6.96. The maximum Gasteiger partial charge on any atom is 0.274 e. The molecule has 1 aromatic heterocycles. The number of carbonyl (C=O) groups is 1. The molecule has 0 aliphatic carbocycles. The minimum absolute atomic E-state index is 0.0928. The number of allylic oxidation sites excluding steroid dienone is 3. The van der Waals surface area contributed by atoms with Gasteiger partial charge in [0.05, 0.1) is 11.8 Å². The van der Waals surface area contributed by atoms with Crippen molar-refractivity contribution in [1.82, 2.24) is 9.47 Å². The zero-order valence-electron chi connectivity index (χ0n) is 17.8. The van der Waals surface area contributed by atoms with E-state index in [-0.39, 0.29) is 23.9 Å². The summed E-state index contributed by atoms with van der Waals surface area (Å²) in [5.74, 6) is -0.628. The summed E-state index contributed by atoms with van der Waals surface area (Å²) in [5.41, 5.74) is -0.0101. The van der Waals surface area contributed by atoms with Crippen LogP contribution in [0.5, 0.6) is 11.6 Å². The van der Waals surface area contributed by atoms with E-state index in [1.54, 1.807) is 32.1 Å². The van der Waals surface area contributed by atoms with Gasteiger partial charge in [0, 0.05) is 19.6 Å². The summed E-state index contributed by atoms with van der Waals surface area (Å²) < 4.78 is 31.5. The van der Waals surface area contributed by atoms with Gasteiger partial charge < -0.3 is 19.3 Å². The van der Waals surface area contributed by atoms with Gasteiger partial charge in [-0.3, -0.25) is 9.59 Å². The van der Waals surface area contributed by atoms with Crippen LogP contribution in [0, 0.1) is 5.82 Å². The zero-order valence-corrected chi connectivity index (χ0v) is 17.8. The van der Waals surface area contributed by atoms with Gasteiger partial charge in [0.1, 0.15) is 12.0 Å². The first-order chi connectivity index (χ1) is 14.7. The molecular formula is C23H26F2N2O4. The molecule has 0 saturated carbocycles. The van der Waals surface area contributed by atoms with Crippen molar-refractivity contribution in [2.75, 3.05) is 6.54 Å². The lowest BCUT2D eigenvalue weighted by atomic mass is 10.1. The van der Waals surface area contributed by atoms with E-state index in [2.05, 4.69) is 6.58 Å². The van der Waals surface area contributed by atoms with E-state index in [9.17, 15) is 23.5 Å². The molecular weight excluding hydrogens is 406 g/mol. The Hall–Kier alpha value is -3.42. The van der Waals surface area contributed by atoms with Crippen molar-refractivity contribution in [2.24, 2.45) is 0 Å². The van der Waals surface area contributed by atoms with E-state index in [4.69, 9.17) is 4.74 Å². The average Bonchev–Trinajstić information content (AvgIpc) is 2.75. The number of aromatic nitrogens is 1. The molecule has 8 heteroatoms. The number of nitrogens with zero attached hydrogens (tertiary/aromatic N) is 2. The highest BCUT2D eigenvalue weighted by molar-refractivity contribution is 5.96. The number of ether oxygens (including phenoxy) is 1. The minimum atomic E-state index is -0.852. The van der Waals surface area contributed by atoms with Crippen LogP contribution in [-0.4, -0.2) is 33.2 Å². The third kappa shape index (κ3) is 6.04. The molecule has 6 nitrogen and oxygen atoms in total. The molecule has 1 aliphatic rings. The third-order valence-corrected chi connectivity index (χ3v) is 4.62. The van der Waals surface area contributed by atoms with Crippen LogP contribution in [0.25, 0.3) is 0 Å². The Morgan fingerprint density at radius 2 is 1.90 bits per heavy atom. The number of carbonyl (C=O) groups excluding carboxylic acids is 1. The highest BCUT2D eigenvalue weighted by Crippen LogP contribution is 2.26. The number of benzene rings is 1. The molecule has 1 aliphatic heterocycles. The molecule has 0 fully saturated rings. The van der Waals surface area contributed by atoms with Gasteiger partial charge in [0.15, 0.2) is 11.4 Å². The summed E-state index contributed by atoms with van der Waals surface area (Å²) >= 11 is 0. The fraction of sp³-hybridized carbons (Fsp3) is 0.304. The predicted molar refractivity (Wildman–Crippen MR) is 114 cm³/mol. The normalized spacial score (nSPS) is 14.3. The molecule has 0 radical (unpaired) electrons. The molecule has 1 amide bonds. The van der Waals surface area contributed by atoms with E-state index < -0.39 is 23.3 Å². The second-order valence-electron chi connectivity index (χ2n) is 6.96. The number of amides is 1. The molecule has 1 unspecified atom stereocenters. The van der Waals surface area contributed by atoms with Crippen molar-refractivity contribution in [2.45, 2.75) is 40.0 Å². The smallest absolute Gasteiger partial charge is 0.274 e. The van der Waals surface area contributed by atoms with Gasteiger partial charge in [-0.05, 0) is 44.5 Å². The third-order valence-electron chi connectivity index (χ3n) is 4.62. The lowest BCUT2D eigenvalue weighted by Gasteiger charge is -2.31. The molecule has 1 atom stereocenters. The topological polar surface area (TPSA) is 71.8 Å². The Bertz CT molecular complexity index is 1030. The SMILES string of the molecule is C/C=C(\C)Oc1cc(=O)c(O)c2n1CCN(Cc1ccc(F)cc1)C2=O.C=CC(C)F. The number of hydrogen-bond donors (Lipinski definition) is 1. The molecule has 2 heterocycles. The van der Waals surface area contributed by atoms with Crippen molar-refractivity contribution < 1.29 is 23.4 Å². The maximum atomic E-state index is 13.0. The van der Waals surface area contributed by atoms with Crippen LogP contribution in [0.15, 0.2) is 59.6 Å². The summed E-state index contributed by atoms with van der Waals surface area (Å²) in [5, 5.41) is 10.1. The molecule has 3 rings (SSSR count). The quantitative estimate of drug-likeness (QED) is 0.568. The lowest BCUT2D eigenvalue weighted by molar-refractivity contribution is 0.0677. The fourth-order valence-corrected chi connectivity index (χ4v) is 2.79.